The van der Waals surface area contributed by atoms with Crippen molar-refractivity contribution in [1.82, 2.24) is 14.7 Å². The van der Waals surface area contributed by atoms with Gasteiger partial charge < -0.3 is 14.5 Å². The highest BCUT2D eigenvalue weighted by molar-refractivity contribution is 6.35. The monoisotopic (exact) mass is 357 g/mol. The molecule has 2 amide bonds. The molecule has 2 aliphatic rings. The third-order valence-corrected chi connectivity index (χ3v) is 4.88. The molecule has 0 N–H and O–H groups in total. The van der Waals surface area contributed by atoms with Gasteiger partial charge in [0.25, 0.3) is 11.8 Å². The summed E-state index contributed by atoms with van der Waals surface area (Å²) in [5.41, 5.74) is 1.82. The number of amides is 2. The van der Waals surface area contributed by atoms with Crippen LogP contribution >= 0.6 is 0 Å². The van der Waals surface area contributed by atoms with Crippen molar-refractivity contribution in [2.45, 2.75) is 26.8 Å². The van der Waals surface area contributed by atoms with E-state index in [1.165, 1.54) is 4.90 Å². The summed E-state index contributed by atoms with van der Waals surface area (Å²) >= 11 is 0. The van der Waals surface area contributed by atoms with Gasteiger partial charge in [0.2, 0.25) is 0 Å². The van der Waals surface area contributed by atoms with Crippen LogP contribution in [0.1, 0.15) is 26.3 Å². The molecule has 0 spiro atoms. The predicted octanol–water partition coefficient (Wildman–Crippen LogP) is 1.82. The van der Waals surface area contributed by atoms with E-state index in [-0.39, 0.29) is 17.9 Å². The van der Waals surface area contributed by atoms with Gasteiger partial charge in [-0.15, -0.1) is 0 Å². The summed E-state index contributed by atoms with van der Waals surface area (Å²) in [6.45, 7) is 9.52. The van der Waals surface area contributed by atoms with Crippen molar-refractivity contribution in [2.75, 3.05) is 39.8 Å². The maximum Gasteiger partial charge on any atom is 0.278 e. The molecule has 1 aromatic carbocycles. The van der Waals surface area contributed by atoms with Crippen LogP contribution in [-0.4, -0.2) is 72.4 Å². The minimum atomic E-state index is -0.205. The highest BCUT2D eigenvalue weighted by atomic mass is 16.5. The van der Waals surface area contributed by atoms with Gasteiger partial charge >= 0.3 is 0 Å². The molecule has 0 unspecified atom stereocenters. The van der Waals surface area contributed by atoms with Crippen LogP contribution in [0, 0.1) is 0 Å². The summed E-state index contributed by atoms with van der Waals surface area (Å²) in [5, 5.41) is 0. The van der Waals surface area contributed by atoms with E-state index in [1.54, 1.807) is 0 Å². The molecule has 1 fully saturated rings. The van der Waals surface area contributed by atoms with Crippen LogP contribution < -0.4 is 4.74 Å². The van der Waals surface area contributed by atoms with Gasteiger partial charge in [-0.25, -0.2) is 0 Å². The van der Waals surface area contributed by atoms with Crippen molar-refractivity contribution in [2.24, 2.45) is 0 Å². The van der Waals surface area contributed by atoms with E-state index < -0.39 is 0 Å². The number of imide groups is 1. The summed E-state index contributed by atoms with van der Waals surface area (Å²) in [4.78, 5) is 31.8. The summed E-state index contributed by atoms with van der Waals surface area (Å²) < 4.78 is 5.49. The Kier molecular flexibility index (Phi) is 5.32. The Balaban J connectivity index is 2.02. The van der Waals surface area contributed by atoms with Crippen LogP contribution in [-0.2, 0) is 9.59 Å². The predicted molar refractivity (Wildman–Crippen MR) is 101 cm³/mol. The van der Waals surface area contributed by atoms with Crippen LogP contribution in [0.15, 0.2) is 30.0 Å². The lowest BCUT2D eigenvalue weighted by Crippen LogP contribution is -2.46. The number of hydrogen-bond donors (Lipinski definition) is 0. The fourth-order valence-corrected chi connectivity index (χ4v) is 3.47. The highest BCUT2D eigenvalue weighted by Gasteiger charge is 2.43. The molecule has 0 aromatic heterocycles. The minimum absolute atomic E-state index is 0.169. The zero-order valence-electron chi connectivity index (χ0n) is 16.0. The van der Waals surface area contributed by atoms with Crippen LogP contribution in [0.25, 0.3) is 5.57 Å². The molecule has 6 heteroatoms. The van der Waals surface area contributed by atoms with Crippen molar-refractivity contribution in [3.63, 3.8) is 0 Å². The number of carbonyl (C=O) groups is 2. The average molecular weight is 357 g/mol. The number of ether oxygens (including phenoxy) is 1. The molecule has 2 heterocycles. The number of likely N-dealkylation sites (N-methyl/N-ethyl adjacent to an activating group) is 1. The Morgan fingerprint density at radius 1 is 1.00 bits per heavy atom. The summed E-state index contributed by atoms with van der Waals surface area (Å²) in [6, 6.07) is 7.26. The largest absolute Gasteiger partial charge is 0.494 e. The Morgan fingerprint density at radius 3 is 2.15 bits per heavy atom. The van der Waals surface area contributed by atoms with Gasteiger partial charge in [0, 0.05) is 32.2 Å². The Hall–Kier alpha value is -2.34. The number of hydrogen-bond acceptors (Lipinski definition) is 5. The van der Waals surface area contributed by atoms with Crippen molar-refractivity contribution < 1.29 is 14.3 Å². The van der Waals surface area contributed by atoms with E-state index >= 15 is 0 Å². The second kappa shape index (κ2) is 7.50. The molecule has 0 bridgehead atoms. The molecule has 1 saturated heterocycles. The second-order valence-electron chi connectivity index (χ2n) is 7.05. The first-order valence-corrected chi connectivity index (χ1v) is 9.23. The van der Waals surface area contributed by atoms with Gasteiger partial charge in [-0.05, 0) is 45.5 Å². The lowest BCUT2D eigenvalue weighted by atomic mass is 10.0. The fourth-order valence-electron chi connectivity index (χ4n) is 3.47. The minimum Gasteiger partial charge on any atom is -0.494 e. The number of piperazine rings is 1. The lowest BCUT2D eigenvalue weighted by Gasteiger charge is -2.34. The van der Waals surface area contributed by atoms with E-state index in [2.05, 4.69) is 16.8 Å². The quantitative estimate of drug-likeness (QED) is 0.753. The molecule has 140 valence electrons. The molecule has 3 rings (SSSR count). The van der Waals surface area contributed by atoms with E-state index in [0.717, 1.165) is 37.5 Å². The molecule has 26 heavy (non-hydrogen) atoms. The first-order chi connectivity index (χ1) is 12.4. The first kappa shape index (κ1) is 18.5. The molecular formula is C20H27N3O3. The normalized spacial score (nSPS) is 19.1. The number of nitrogens with zero attached hydrogens (tertiary/aromatic N) is 3. The van der Waals surface area contributed by atoms with E-state index in [0.29, 0.717) is 17.9 Å². The molecule has 1 aromatic rings. The van der Waals surface area contributed by atoms with Crippen LogP contribution in [0.5, 0.6) is 5.75 Å². The van der Waals surface area contributed by atoms with Crippen molar-refractivity contribution in [1.29, 1.82) is 0 Å². The molecule has 0 saturated carbocycles. The smallest absolute Gasteiger partial charge is 0.278 e. The maximum atomic E-state index is 13.1. The fraction of sp³-hybridized carbons (Fsp3) is 0.500. The van der Waals surface area contributed by atoms with E-state index in [9.17, 15) is 9.59 Å². The van der Waals surface area contributed by atoms with Crippen molar-refractivity contribution in [3.05, 3.63) is 35.5 Å². The Labute approximate surface area is 155 Å². The molecule has 6 nitrogen and oxygen atoms in total. The van der Waals surface area contributed by atoms with E-state index in [4.69, 9.17) is 4.74 Å². The zero-order chi connectivity index (χ0) is 18.8. The summed E-state index contributed by atoms with van der Waals surface area (Å²) in [5.74, 6) is 0.372. The van der Waals surface area contributed by atoms with Gasteiger partial charge in [-0.1, -0.05) is 12.1 Å². The van der Waals surface area contributed by atoms with Gasteiger partial charge in [-0.2, -0.15) is 0 Å². The van der Waals surface area contributed by atoms with Crippen LogP contribution in [0.3, 0.4) is 0 Å². The van der Waals surface area contributed by atoms with Gasteiger partial charge in [0.15, 0.2) is 0 Å². The average Bonchev–Trinajstić information content (AvgIpc) is 2.87. The number of benzene rings is 1. The Morgan fingerprint density at radius 2 is 1.62 bits per heavy atom. The Bertz CT molecular complexity index is 716. The van der Waals surface area contributed by atoms with Crippen LogP contribution in [0.4, 0.5) is 0 Å². The van der Waals surface area contributed by atoms with Gasteiger partial charge in [0.1, 0.15) is 11.4 Å². The molecule has 0 radical (unpaired) electrons. The van der Waals surface area contributed by atoms with Gasteiger partial charge in [0.05, 0.1) is 12.2 Å². The van der Waals surface area contributed by atoms with Gasteiger partial charge in [-0.3, -0.25) is 14.5 Å². The summed E-state index contributed by atoms with van der Waals surface area (Å²) in [7, 11) is 2.07. The topological polar surface area (TPSA) is 53.1 Å². The lowest BCUT2D eigenvalue weighted by molar-refractivity contribution is -0.139. The first-order valence-electron chi connectivity index (χ1n) is 9.23. The molecule has 2 aliphatic heterocycles. The summed E-state index contributed by atoms with van der Waals surface area (Å²) in [6.07, 6.45) is 0. The maximum absolute atomic E-state index is 13.1. The second-order valence-corrected chi connectivity index (χ2v) is 7.05. The van der Waals surface area contributed by atoms with Crippen LogP contribution in [0.2, 0.25) is 0 Å². The van der Waals surface area contributed by atoms with Crippen molar-refractivity contribution in [3.8, 4) is 5.75 Å². The number of rotatable bonds is 5. The number of carbonyl (C=O) groups excluding carboxylic acids is 2. The molecule has 0 aliphatic carbocycles. The SMILES string of the molecule is CCOc1ccc(C2=C(N3CCN(C)CC3)C(=O)N(C(C)C)C2=O)cc1. The van der Waals surface area contributed by atoms with Crippen molar-refractivity contribution >= 4 is 17.4 Å². The molecular weight excluding hydrogens is 330 g/mol. The highest BCUT2D eigenvalue weighted by Crippen LogP contribution is 2.33. The zero-order valence-corrected chi connectivity index (χ0v) is 16.0. The standard InChI is InChI=1S/C20H27N3O3/c1-5-26-16-8-6-15(7-9-16)17-18(22-12-10-21(4)11-13-22)20(25)23(14(2)3)19(17)24/h6-9,14H,5,10-13H2,1-4H3. The third kappa shape index (κ3) is 3.33. The molecule has 0 atom stereocenters. The third-order valence-electron chi connectivity index (χ3n) is 4.88. The van der Waals surface area contributed by atoms with E-state index in [1.807, 2.05) is 45.0 Å².